The molecule has 28 heavy (non-hydrogen) atoms. The summed E-state index contributed by atoms with van der Waals surface area (Å²) in [6.07, 6.45) is 2.58. The van der Waals surface area contributed by atoms with Gasteiger partial charge in [-0.25, -0.2) is 9.59 Å². The molecule has 0 aliphatic carbocycles. The summed E-state index contributed by atoms with van der Waals surface area (Å²) in [5.74, 6) is 0. The fourth-order valence-electron chi connectivity index (χ4n) is 3.23. The first-order valence-corrected chi connectivity index (χ1v) is 9.77. The molecule has 1 saturated heterocycles. The van der Waals surface area contributed by atoms with E-state index in [1.165, 1.54) is 0 Å². The number of carbonyl (C=O) groups excluding carboxylic acids is 2. The van der Waals surface area contributed by atoms with Gasteiger partial charge in [-0.15, -0.1) is 0 Å². The van der Waals surface area contributed by atoms with Crippen LogP contribution in [0.15, 0.2) is 60.7 Å². The number of nitrogens with one attached hydrogen (secondary N) is 2. The molecule has 0 saturated carbocycles. The van der Waals surface area contributed by atoms with Crippen molar-refractivity contribution >= 4 is 12.1 Å². The lowest BCUT2D eigenvalue weighted by Crippen LogP contribution is -2.54. The van der Waals surface area contributed by atoms with Crippen LogP contribution < -0.4 is 10.6 Å². The molecule has 2 aromatic rings. The summed E-state index contributed by atoms with van der Waals surface area (Å²) >= 11 is 0. The first-order valence-electron chi connectivity index (χ1n) is 9.77. The smallest absolute Gasteiger partial charge is 0.409 e. The van der Waals surface area contributed by atoms with Crippen LogP contribution in [-0.4, -0.2) is 36.3 Å². The minimum Gasteiger partial charge on any atom is -0.445 e. The van der Waals surface area contributed by atoms with E-state index >= 15 is 0 Å². The Morgan fingerprint density at radius 2 is 1.46 bits per heavy atom. The highest BCUT2D eigenvalue weighted by Crippen LogP contribution is 2.09. The summed E-state index contributed by atoms with van der Waals surface area (Å²) < 4.78 is 5.31. The van der Waals surface area contributed by atoms with Crippen molar-refractivity contribution < 1.29 is 14.3 Å². The highest BCUT2D eigenvalue weighted by atomic mass is 16.5. The van der Waals surface area contributed by atoms with Gasteiger partial charge in [0.15, 0.2) is 0 Å². The topological polar surface area (TPSA) is 70.7 Å². The van der Waals surface area contributed by atoms with E-state index in [9.17, 15) is 9.59 Å². The molecule has 2 N–H and O–H groups in total. The molecule has 148 valence electrons. The van der Waals surface area contributed by atoms with Crippen LogP contribution in [0.25, 0.3) is 0 Å². The molecule has 3 rings (SSSR count). The predicted molar refractivity (Wildman–Crippen MR) is 108 cm³/mol. The number of ether oxygens (including phenoxy) is 1. The monoisotopic (exact) mass is 381 g/mol. The van der Waals surface area contributed by atoms with Crippen molar-refractivity contribution in [1.82, 2.24) is 15.5 Å². The van der Waals surface area contributed by atoms with Gasteiger partial charge in [0.1, 0.15) is 12.8 Å². The second kappa shape index (κ2) is 10.3. The van der Waals surface area contributed by atoms with Crippen LogP contribution in [0.3, 0.4) is 0 Å². The molecule has 6 nitrogen and oxygen atoms in total. The molecule has 3 amide bonds. The van der Waals surface area contributed by atoms with Gasteiger partial charge < -0.3 is 20.3 Å². The molecule has 1 atom stereocenters. The number of urea groups is 1. The third-order valence-corrected chi connectivity index (χ3v) is 4.73. The highest BCUT2D eigenvalue weighted by Gasteiger charge is 2.21. The number of benzene rings is 2. The maximum Gasteiger partial charge on any atom is 0.409 e. The molecule has 1 aliphatic rings. The lowest BCUT2D eigenvalue weighted by molar-refractivity contribution is 0.132. The van der Waals surface area contributed by atoms with E-state index in [-0.39, 0.29) is 12.6 Å². The SMILES string of the molecule is O=C(N[C@@H](Cc1ccccc1)NC(=O)N1CCCCC1)OCc1ccccc1. The molecule has 0 aromatic heterocycles. The lowest BCUT2D eigenvalue weighted by atomic mass is 10.1. The second-order valence-electron chi connectivity index (χ2n) is 6.95. The molecule has 0 bridgehead atoms. The van der Waals surface area contributed by atoms with Crippen molar-refractivity contribution in [3.8, 4) is 0 Å². The first-order chi connectivity index (χ1) is 13.7. The number of piperidine rings is 1. The van der Waals surface area contributed by atoms with Crippen LogP contribution in [0, 0.1) is 0 Å². The van der Waals surface area contributed by atoms with Crippen molar-refractivity contribution in [1.29, 1.82) is 0 Å². The number of likely N-dealkylation sites (tertiary alicyclic amines) is 1. The molecule has 2 aromatic carbocycles. The molecular weight excluding hydrogens is 354 g/mol. The molecule has 6 heteroatoms. The Morgan fingerprint density at radius 1 is 0.857 bits per heavy atom. The third kappa shape index (κ3) is 6.30. The summed E-state index contributed by atoms with van der Waals surface area (Å²) in [6.45, 7) is 1.69. The summed E-state index contributed by atoms with van der Waals surface area (Å²) in [5, 5.41) is 5.73. The average Bonchev–Trinajstić information content (AvgIpc) is 2.74. The highest BCUT2D eigenvalue weighted by molar-refractivity contribution is 5.75. The van der Waals surface area contributed by atoms with E-state index in [2.05, 4.69) is 10.6 Å². The van der Waals surface area contributed by atoms with E-state index < -0.39 is 12.3 Å². The van der Waals surface area contributed by atoms with Crippen LogP contribution >= 0.6 is 0 Å². The van der Waals surface area contributed by atoms with Gasteiger partial charge in [-0.05, 0) is 30.4 Å². The zero-order valence-corrected chi connectivity index (χ0v) is 16.0. The Labute approximate surface area is 165 Å². The lowest BCUT2D eigenvalue weighted by Gasteiger charge is -2.29. The van der Waals surface area contributed by atoms with Crippen molar-refractivity contribution in [3.63, 3.8) is 0 Å². The number of nitrogens with zero attached hydrogens (tertiary/aromatic N) is 1. The number of hydrogen-bond donors (Lipinski definition) is 2. The number of carbonyl (C=O) groups is 2. The average molecular weight is 381 g/mol. The number of rotatable bonds is 6. The number of hydrogen-bond acceptors (Lipinski definition) is 3. The van der Waals surface area contributed by atoms with E-state index in [0.717, 1.165) is 43.5 Å². The van der Waals surface area contributed by atoms with Gasteiger partial charge in [-0.3, -0.25) is 0 Å². The molecule has 0 unspecified atom stereocenters. The Kier molecular flexibility index (Phi) is 7.29. The Hall–Kier alpha value is -3.02. The predicted octanol–water partition coefficient (Wildman–Crippen LogP) is 3.68. The Bertz CT molecular complexity index is 746. The van der Waals surface area contributed by atoms with Gasteiger partial charge >= 0.3 is 12.1 Å². The minimum absolute atomic E-state index is 0.149. The van der Waals surface area contributed by atoms with Crippen LogP contribution in [0.1, 0.15) is 30.4 Å². The van der Waals surface area contributed by atoms with Crippen LogP contribution in [0.4, 0.5) is 9.59 Å². The van der Waals surface area contributed by atoms with E-state index in [1.807, 2.05) is 60.7 Å². The summed E-state index contributed by atoms with van der Waals surface area (Å²) in [7, 11) is 0. The molecule has 1 heterocycles. The summed E-state index contributed by atoms with van der Waals surface area (Å²) in [6, 6.07) is 19.1. The van der Waals surface area contributed by atoms with E-state index in [1.54, 1.807) is 4.90 Å². The quantitative estimate of drug-likeness (QED) is 0.750. The standard InChI is InChI=1S/C22H27N3O3/c26-21(25-14-8-3-9-15-25)23-20(16-18-10-4-1-5-11-18)24-22(27)28-17-19-12-6-2-7-13-19/h1-2,4-7,10-13,20H,3,8-9,14-17H2,(H,23,26)(H,24,27)/t20-/m0/s1. The first kappa shape index (κ1) is 19.7. The van der Waals surface area contributed by atoms with Gasteiger partial charge in [0.25, 0.3) is 0 Å². The Morgan fingerprint density at radius 3 is 2.11 bits per heavy atom. The van der Waals surface area contributed by atoms with Crippen molar-refractivity contribution in [2.45, 2.75) is 38.5 Å². The van der Waals surface area contributed by atoms with Gasteiger partial charge in [-0.1, -0.05) is 60.7 Å². The van der Waals surface area contributed by atoms with Gasteiger partial charge in [0.2, 0.25) is 0 Å². The fourth-order valence-corrected chi connectivity index (χ4v) is 3.23. The summed E-state index contributed by atoms with van der Waals surface area (Å²) in [5.41, 5.74) is 1.93. The zero-order valence-electron chi connectivity index (χ0n) is 16.0. The van der Waals surface area contributed by atoms with Gasteiger partial charge in [0.05, 0.1) is 0 Å². The second-order valence-corrected chi connectivity index (χ2v) is 6.95. The largest absolute Gasteiger partial charge is 0.445 e. The van der Waals surface area contributed by atoms with Crippen LogP contribution in [0.2, 0.25) is 0 Å². The van der Waals surface area contributed by atoms with Gasteiger partial charge in [-0.2, -0.15) is 0 Å². The van der Waals surface area contributed by atoms with Crippen molar-refractivity contribution in [2.75, 3.05) is 13.1 Å². The molecular formula is C22H27N3O3. The maximum atomic E-state index is 12.6. The Balaban J connectivity index is 1.58. The minimum atomic E-state index is -0.552. The fraction of sp³-hybridized carbons (Fsp3) is 0.364. The molecule has 1 aliphatic heterocycles. The maximum absolute atomic E-state index is 12.6. The molecule has 0 spiro atoms. The summed E-state index contributed by atoms with van der Waals surface area (Å²) in [4.78, 5) is 26.7. The normalized spacial score (nSPS) is 14.8. The van der Waals surface area contributed by atoms with Crippen molar-refractivity contribution in [3.05, 3.63) is 71.8 Å². The number of amides is 3. The zero-order chi connectivity index (χ0) is 19.6. The number of alkyl carbamates (subject to hydrolysis) is 1. The van der Waals surface area contributed by atoms with Gasteiger partial charge in [0, 0.05) is 19.5 Å². The van der Waals surface area contributed by atoms with E-state index in [4.69, 9.17) is 4.74 Å². The van der Waals surface area contributed by atoms with Crippen LogP contribution in [0.5, 0.6) is 0 Å². The van der Waals surface area contributed by atoms with Crippen molar-refractivity contribution in [2.24, 2.45) is 0 Å². The van der Waals surface area contributed by atoms with Crippen LogP contribution in [-0.2, 0) is 17.8 Å². The molecule has 0 radical (unpaired) electrons. The van der Waals surface area contributed by atoms with E-state index in [0.29, 0.717) is 6.42 Å². The third-order valence-electron chi connectivity index (χ3n) is 4.73. The molecule has 1 fully saturated rings.